The molecule has 76 valence electrons. The van der Waals surface area contributed by atoms with E-state index in [-0.39, 0.29) is 6.04 Å². The Morgan fingerprint density at radius 3 is 2.43 bits per heavy atom. The van der Waals surface area contributed by atoms with Crippen LogP contribution in [0, 0.1) is 0 Å². The number of nitrogens with one attached hydrogen (secondary N) is 1. The Morgan fingerprint density at radius 1 is 1.36 bits per heavy atom. The van der Waals surface area contributed by atoms with Gasteiger partial charge in [-0.1, -0.05) is 6.07 Å². The Hall–Kier alpha value is -1.10. The molecular formula is C9H9F3N2. The summed E-state index contributed by atoms with van der Waals surface area (Å²) in [5.74, 6) is 0. The van der Waals surface area contributed by atoms with Crippen molar-refractivity contribution in [3.63, 3.8) is 0 Å². The summed E-state index contributed by atoms with van der Waals surface area (Å²) >= 11 is 0. The average molecular weight is 202 g/mol. The van der Waals surface area contributed by atoms with E-state index in [2.05, 4.69) is 10.3 Å². The highest BCUT2D eigenvalue weighted by Gasteiger charge is 2.32. The van der Waals surface area contributed by atoms with Crippen molar-refractivity contribution in [2.24, 2.45) is 0 Å². The summed E-state index contributed by atoms with van der Waals surface area (Å²) in [6, 6.07) is 2.69. The van der Waals surface area contributed by atoms with Crippen LogP contribution in [-0.2, 0) is 6.18 Å². The molecule has 1 aromatic rings. The number of nitrogens with zero attached hydrogens (tertiary/aromatic N) is 1. The lowest BCUT2D eigenvalue weighted by atomic mass is 10.00. The highest BCUT2D eigenvalue weighted by Crippen LogP contribution is 2.29. The second kappa shape index (κ2) is 3.24. The van der Waals surface area contributed by atoms with Gasteiger partial charge in [-0.3, -0.25) is 4.98 Å². The molecule has 1 atom stereocenters. The van der Waals surface area contributed by atoms with Crippen LogP contribution in [0.3, 0.4) is 0 Å². The molecule has 1 unspecified atom stereocenters. The second-order valence-corrected chi connectivity index (χ2v) is 3.27. The molecule has 2 rings (SSSR count). The van der Waals surface area contributed by atoms with Gasteiger partial charge in [-0.05, 0) is 24.6 Å². The average Bonchev–Trinajstić information content (AvgIpc) is 2.00. The van der Waals surface area contributed by atoms with Crippen LogP contribution >= 0.6 is 0 Å². The summed E-state index contributed by atoms with van der Waals surface area (Å²) in [5.41, 5.74) is -0.00942. The molecule has 5 heteroatoms. The van der Waals surface area contributed by atoms with Crippen LogP contribution in [0.15, 0.2) is 18.3 Å². The third-order valence-electron chi connectivity index (χ3n) is 2.30. The van der Waals surface area contributed by atoms with E-state index in [1.54, 1.807) is 0 Å². The Balaban J connectivity index is 2.17. The van der Waals surface area contributed by atoms with Crippen molar-refractivity contribution in [2.75, 3.05) is 6.54 Å². The van der Waals surface area contributed by atoms with Gasteiger partial charge in [0.15, 0.2) is 0 Å². The SMILES string of the molecule is FC(F)(F)c1ccc(C2CCN2)cn1. The van der Waals surface area contributed by atoms with E-state index in [0.29, 0.717) is 0 Å². The van der Waals surface area contributed by atoms with Gasteiger partial charge in [0, 0.05) is 12.2 Å². The third kappa shape index (κ3) is 1.72. The minimum Gasteiger partial charge on any atom is -0.310 e. The molecule has 2 heterocycles. The zero-order valence-electron chi connectivity index (χ0n) is 7.30. The summed E-state index contributed by atoms with van der Waals surface area (Å²) < 4.78 is 36.4. The number of hydrogen-bond donors (Lipinski definition) is 1. The van der Waals surface area contributed by atoms with E-state index < -0.39 is 11.9 Å². The van der Waals surface area contributed by atoms with Crippen molar-refractivity contribution in [3.8, 4) is 0 Å². The Labute approximate surface area is 79.2 Å². The maximum Gasteiger partial charge on any atom is 0.433 e. The predicted molar refractivity (Wildman–Crippen MR) is 44.6 cm³/mol. The summed E-state index contributed by atoms with van der Waals surface area (Å²) in [6.07, 6.45) is -2.09. The molecular weight excluding hydrogens is 193 g/mol. The second-order valence-electron chi connectivity index (χ2n) is 3.27. The van der Waals surface area contributed by atoms with Gasteiger partial charge in [-0.15, -0.1) is 0 Å². The van der Waals surface area contributed by atoms with Crippen LogP contribution in [0.4, 0.5) is 13.2 Å². The van der Waals surface area contributed by atoms with Crippen molar-refractivity contribution in [1.82, 2.24) is 10.3 Å². The first-order valence-electron chi connectivity index (χ1n) is 4.34. The zero-order valence-corrected chi connectivity index (χ0v) is 7.30. The van der Waals surface area contributed by atoms with Crippen molar-refractivity contribution in [2.45, 2.75) is 18.6 Å². The lowest BCUT2D eigenvalue weighted by Crippen LogP contribution is -2.35. The van der Waals surface area contributed by atoms with Crippen LogP contribution in [0.5, 0.6) is 0 Å². The minimum atomic E-state index is -4.34. The van der Waals surface area contributed by atoms with Gasteiger partial charge in [0.05, 0.1) is 0 Å². The number of aromatic nitrogens is 1. The molecule has 1 N–H and O–H groups in total. The molecule has 0 bridgehead atoms. The van der Waals surface area contributed by atoms with Crippen LogP contribution in [0.1, 0.15) is 23.7 Å². The lowest BCUT2D eigenvalue weighted by Gasteiger charge is -2.27. The maximum atomic E-state index is 12.1. The minimum absolute atomic E-state index is 0.185. The molecule has 1 fully saturated rings. The molecule has 0 aliphatic carbocycles. The Morgan fingerprint density at radius 2 is 2.07 bits per heavy atom. The van der Waals surface area contributed by atoms with Crippen LogP contribution in [0.2, 0.25) is 0 Å². The van der Waals surface area contributed by atoms with E-state index in [1.165, 1.54) is 12.3 Å². The van der Waals surface area contributed by atoms with E-state index in [0.717, 1.165) is 24.6 Å². The normalized spacial score (nSPS) is 21.8. The van der Waals surface area contributed by atoms with Gasteiger partial charge in [0.1, 0.15) is 5.69 Å². The van der Waals surface area contributed by atoms with E-state index >= 15 is 0 Å². The molecule has 2 nitrogen and oxygen atoms in total. The van der Waals surface area contributed by atoms with Gasteiger partial charge in [-0.25, -0.2) is 0 Å². The summed E-state index contributed by atoms with van der Waals surface area (Å²) in [7, 11) is 0. The highest BCUT2D eigenvalue weighted by molar-refractivity contribution is 5.20. The molecule has 0 aromatic carbocycles. The van der Waals surface area contributed by atoms with Gasteiger partial charge in [-0.2, -0.15) is 13.2 Å². The summed E-state index contributed by atoms with van der Waals surface area (Å²) in [4.78, 5) is 3.39. The fraction of sp³-hybridized carbons (Fsp3) is 0.444. The van der Waals surface area contributed by atoms with Gasteiger partial charge in [0.25, 0.3) is 0 Å². The largest absolute Gasteiger partial charge is 0.433 e. The molecule has 1 aliphatic rings. The first kappa shape index (κ1) is 9.45. The summed E-state index contributed by atoms with van der Waals surface area (Å²) in [6.45, 7) is 0.922. The molecule has 1 aromatic heterocycles. The standard InChI is InChI=1S/C9H9F3N2/c10-9(11,12)8-2-1-6(5-14-8)7-3-4-13-7/h1-2,5,7,13H,3-4H2. The predicted octanol–water partition coefficient (Wildman–Crippen LogP) is 2.13. The number of pyridine rings is 1. The lowest BCUT2D eigenvalue weighted by molar-refractivity contribution is -0.141. The van der Waals surface area contributed by atoms with Gasteiger partial charge < -0.3 is 5.32 Å². The fourth-order valence-electron chi connectivity index (χ4n) is 1.35. The summed E-state index contributed by atoms with van der Waals surface area (Å²) in [5, 5.41) is 3.10. The van der Waals surface area contributed by atoms with Crippen molar-refractivity contribution < 1.29 is 13.2 Å². The van der Waals surface area contributed by atoms with Crippen molar-refractivity contribution in [1.29, 1.82) is 0 Å². The first-order chi connectivity index (χ1) is 6.57. The number of rotatable bonds is 1. The molecule has 0 saturated carbocycles. The molecule has 0 radical (unpaired) electrons. The molecule has 0 amide bonds. The van der Waals surface area contributed by atoms with Gasteiger partial charge in [0.2, 0.25) is 0 Å². The Bertz CT molecular complexity index is 314. The first-order valence-corrected chi connectivity index (χ1v) is 4.34. The van der Waals surface area contributed by atoms with Crippen LogP contribution < -0.4 is 5.32 Å². The topological polar surface area (TPSA) is 24.9 Å². The number of halogens is 3. The monoisotopic (exact) mass is 202 g/mol. The smallest absolute Gasteiger partial charge is 0.310 e. The molecule has 0 spiro atoms. The fourth-order valence-corrected chi connectivity index (χ4v) is 1.35. The Kier molecular flexibility index (Phi) is 2.19. The van der Waals surface area contributed by atoms with Crippen molar-refractivity contribution >= 4 is 0 Å². The number of hydrogen-bond acceptors (Lipinski definition) is 2. The van der Waals surface area contributed by atoms with Gasteiger partial charge >= 0.3 is 6.18 Å². The quantitative estimate of drug-likeness (QED) is 0.754. The molecule has 1 saturated heterocycles. The van der Waals surface area contributed by atoms with Crippen LogP contribution in [0.25, 0.3) is 0 Å². The zero-order chi connectivity index (χ0) is 10.2. The van der Waals surface area contributed by atoms with E-state index in [1.807, 2.05) is 0 Å². The maximum absolute atomic E-state index is 12.1. The highest BCUT2D eigenvalue weighted by atomic mass is 19.4. The van der Waals surface area contributed by atoms with Crippen molar-refractivity contribution in [3.05, 3.63) is 29.6 Å². The van der Waals surface area contributed by atoms with Crippen LogP contribution in [-0.4, -0.2) is 11.5 Å². The molecule has 14 heavy (non-hydrogen) atoms. The molecule has 1 aliphatic heterocycles. The van der Waals surface area contributed by atoms with E-state index in [4.69, 9.17) is 0 Å². The number of alkyl halides is 3. The van der Waals surface area contributed by atoms with E-state index in [9.17, 15) is 13.2 Å². The third-order valence-corrected chi connectivity index (χ3v) is 2.30.